The molecule has 2 fully saturated rings. The van der Waals surface area contributed by atoms with Crippen molar-refractivity contribution in [2.75, 3.05) is 87.3 Å². The van der Waals surface area contributed by atoms with Gasteiger partial charge < -0.3 is 33.8 Å². The van der Waals surface area contributed by atoms with Crippen LogP contribution in [0.1, 0.15) is 53.6 Å². The van der Waals surface area contributed by atoms with Crippen molar-refractivity contribution < 1.29 is 23.8 Å². The molecule has 49 heavy (non-hydrogen) atoms. The second kappa shape index (κ2) is 16.7. The number of likely N-dealkylation sites (tertiary alicyclic amines) is 1. The van der Waals surface area contributed by atoms with Gasteiger partial charge in [-0.3, -0.25) is 9.59 Å². The van der Waals surface area contributed by atoms with Crippen LogP contribution in [0.2, 0.25) is 5.02 Å². The summed E-state index contributed by atoms with van der Waals surface area (Å²) in [5.74, 6) is 1.53. The van der Waals surface area contributed by atoms with Crippen molar-refractivity contribution in [2.45, 2.75) is 37.5 Å². The zero-order valence-electron chi connectivity index (χ0n) is 29.6. The molecule has 5 rings (SSSR count). The summed E-state index contributed by atoms with van der Waals surface area (Å²) in [5, 5.41) is 0.679. The Labute approximate surface area is 296 Å². The molecule has 0 aromatic heterocycles. The first-order valence-electron chi connectivity index (χ1n) is 17.3. The standard InChI is InChI=1S/C39H51ClN4O5/c1-6-42-22-24-44(25-23-42)38(46)39(32-10-8-7-9-11-32)17-20-43(21-18-39)19-16-30(29-12-14-33(40)15-13-29)28-41(2)37(45)31-26-34(47-3)36(49-5)35(27-31)48-4/h7-15,26-27,30H,6,16-25,28H2,1-5H3. The van der Waals surface area contributed by atoms with Crippen LogP contribution < -0.4 is 14.2 Å². The number of hydrogen-bond acceptors (Lipinski definition) is 7. The Hall–Kier alpha value is -3.79. The molecule has 2 heterocycles. The first-order valence-corrected chi connectivity index (χ1v) is 17.7. The molecule has 0 spiro atoms. The van der Waals surface area contributed by atoms with Gasteiger partial charge in [-0.05, 0) is 80.8 Å². The molecule has 3 aromatic rings. The smallest absolute Gasteiger partial charge is 0.253 e. The van der Waals surface area contributed by atoms with E-state index in [1.54, 1.807) is 38.4 Å². The predicted molar refractivity (Wildman–Crippen MR) is 194 cm³/mol. The highest BCUT2D eigenvalue weighted by atomic mass is 35.5. The van der Waals surface area contributed by atoms with E-state index < -0.39 is 5.41 Å². The topological polar surface area (TPSA) is 74.8 Å². The van der Waals surface area contributed by atoms with Gasteiger partial charge in [0.1, 0.15) is 0 Å². The molecule has 264 valence electrons. The predicted octanol–water partition coefficient (Wildman–Crippen LogP) is 5.81. The van der Waals surface area contributed by atoms with E-state index in [-0.39, 0.29) is 17.7 Å². The summed E-state index contributed by atoms with van der Waals surface area (Å²) in [7, 11) is 6.45. The molecule has 0 radical (unpaired) electrons. The fourth-order valence-corrected chi connectivity index (χ4v) is 7.51. The van der Waals surface area contributed by atoms with Crippen molar-refractivity contribution in [1.29, 1.82) is 0 Å². The molecule has 10 heteroatoms. The van der Waals surface area contributed by atoms with Crippen LogP contribution >= 0.6 is 11.6 Å². The first kappa shape index (κ1) is 36.5. The van der Waals surface area contributed by atoms with E-state index in [2.05, 4.69) is 58.0 Å². The summed E-state index contributed by atoms with van der Waals surface area (Å²) in [6.07, 6.45) is 2.42. The number of amides is 2. The second-order valence-electron chi connectivity index (χ2n) is 13.2. The van der Waals surface area contributed by atoms with Gasteiger partial charge in [-0.15, -0.1) is 0 Å². The number of carbonyl (C=O) groups is 2. The second-order valence-corrected chi connectivity index (χ2v) is 13.6. The number of halogens is 1. The minimum atomic E-state index is -0.505. The molecular formula is C39H51ClN4O5. The van der Waals surface area contributed by atoms with Crippen LogP contribution in [-0.4, -0.2) is 119 Å². The lowest BCUT2D eigenvalue weighted by Crippen LogP contribution is -2.57. The molecule has 0 aliphatic carbocycles. The van der Waals surface area contributed by atoms with Crippen LogP contribution in [0.3, 0.4) is 0 Å². The maximum atomic E-state index is 14.3. The maximum absolute atomic E-state index is 14.3. The first-order chi connectivity index (χ1) is 23.7. The van der Waals surface area contributed by atoms with E-state index in [0.717, 1.165) is 82.7 Å². The number of benzene rings is 3. The van der Waals surface area contributed by atoms with E-state index in [1.165, 1.54) is 0 Å². The van der Waals surface area contributed by atoms with Gasteiger partial charge in [-0.1, -0.05) is 61.0 Å². The minimum absolute atomic E-state index is 0.0746. The highest BCUT2D eigenvalue weighted by Crippen LogP contribution is 2.40. The molecule has 9 nitrogen and oxygen atoms in total. The van der Waals surface area contributed by atoms with E-state index in [0.29, 0.717) is 34.4 Å². The number of likely N-dealkylation sites (N-methyl/N-ethyl adjacent to an activating group) is 2. The lowest BCUT2D eigenvalue weighted by molar-refractivity contribution is -0.141. The van der Waals surface area contributed by atoms with Crippen molar-refractivity contribution in [3.63, 3.8) is 0 Å². The monoisotopic (exact) mass is 690 g/mol. The minimum Gasteiger partial charge on any atom is -0.493 e. The third kappa shape index (κ3) is 8.34. The summed E-state index contributed by atoms with van der Waals surface area (Å²) < 4.78 is 16.4. The maximum Gasteiger partial charge on any atom is 0.253 e. The van der Waals surface area contributed by atoms with E-state index in [4.69, 9.17) is 25.8 Å². The summed E-state index contributed by atoms with van der Waals surface area (Å²) in [6.45, 7) is 9.69. The largest absolute Gasteiger partial charge is 0.493 e. The average molecular weight is 691 g/mol. The van der Waals surface area contributed by atoms with Crippen molar-refractivity contribution in [3.8, 4) is 17.2 Å². The normalized spacial score (nSPS) is 17.3. The number of nitrogens with zero attached hydrogens (tertiary/aromatic N) is 4. The van der Waals surface area contributed by atoms with Crippen LogP contribution in [-0.2, 0) is 10.2 Å². The number of carbonyl (C=O) groups excluding carboxylic acids is 2. The van der Waals surface area contributed by atoms with Gasteiger partial charge in [-0.2, -0.15) is 0 Å². The van der Waals surface area contributed by atoms with Crippen molar-refractivity contribution in [2.24, 2.45) is 0 Å². The fraction of sp³-hybridized carbons (Fsp3) is 0.487. The van der Waals surface area contributed by atoms with Crippen LogP contribution in [0.15, 0.2) is 66.7 Å². The van der Waals surface area contributed by atoms with Crippen molar-refractivity contribution in [1.82, 2.24) is 19.6 Å². The Bertz CT molecular complexity index is 1510. The number of rotatable bonds is 13. The molecule has 2 amide bonds. The third-order valence-corrected chi connectivity index (χ3v) is 10.7. The van der Waals surface area contributed by atoms with Crippen LogP contribution in [0.4, 0.5) is 0 Å². The average Bonchev–Trinajstić information content (AvgIpc) is 3.16. The van der Waals surface area contributed by atoms with Gasteiger partial charge in [0, 0.05) is 56.3 Å². The summed E-state index contributed by atoms with van der Waals surface area (Å²) in [6, 6.07) is 21.7. The molecule has 3 aromatic carbocycles. The lowest BCUT2D eigenvalue weighted by atomic mass is 9.71. The molecule has 1 unspecified atom stereocenters. The molecule has 2 aliphatic rings. The van der Waals surface area contributed by atoms with Crippen LogP contribution in [0, 0.1) is 0 Å². The highest BCUT2D eigenvalue weighted by Gasteiger charge is 2.45. The van der Waals surface area contributed by atoms with Crippen LogP contribution in [0.25, 0.3) is 0 Å². The SMILES string of the molecule is CCN1CCN(C(=O)C2(c3ccccc3)CCN(CCC(CN(C)C(=O)c3cc(OC)c(OC)c(OC)c3)c3ccc(Cl)cc3)CC2)CC1. The number of piperidine rings is 1. The summed E-state index contributed by atoms with van der Waals surface area (Å²) >= 11 is 6.27. The Kier molecular flexibility index (Phi) is 12.5. The Balaban J connectivity index is 1.29. The van der Waals surface area contributed by atoms with Gasteiger partial charge in [0.15, 0.2) is 11.5 Å². The molecule has 2 saturated heterocycles. The zero-order valence-corrected chi connectivity index (χ0v) is 30.4. The fourth-order valence-electron chi connectivity index (χ4n) is 7.39. The van der Waals surface area contributed by atoms with E-state index in [9.17, 15) is 9.59 Å². The molecule has 0 saturated carbocycles. The highest BCUT2D eigenvalue weighted by molar-refractivity contribution is 6.30. The Morgan fingerprint density at radius 2 is 1.45 bits per heavy atom. The third-order valence-electron chi connectivity index (χ3n) is 10.4. The Morgan fingerprint density at radius 3 is 2.00 bits per heavy atom. The Morgan fingerprint density at radius 1 is 0.837 bits per heavy atom. The number of piperazine rings is 1. The van der Waals surface area contributed by atoms with E-state index >= 15 is 0 Å². The molecule has 1 atom stereocenters. The number of hydrogen-bond donors (Lipinski definition) is 0. The quantitative estimate of drug-likeness (QED) is 0.224. The van der Waals surface area contributed by atoms with Crippen molar-refractivity contribution in [3.05, 3.63) is 88.4 Å². The van der Waals surface area contributed by atoms with Gasteiger partial charge in [0.2, 0.25) is 11.7 Å². The van der Waals surface area contributed by atoms with Crippen molar-refractivity contribution >= 4 is 23.4 Å². The number of ether oxygens (including phenoxy) is 3. The zero-order chi connectivity index (χ0) is 35.0. The molecule has 0 N–H and O–H groups in total. The molecule has 2 aliphatic heterocycles. The van der Waals surface area contributed by atoms with Crippen LogP contribution in [0.5, 0.6) is 17.2 Å². The number of methoxy groups -OCH3 is 3. The molecule has 0 bridgehead atoms. The van der Waals surface area contributed by atoms with Gasteiger partial charge in [0.05, 0.1) is 26.7 Å². The summed E-state index contributed by atoms with van der Waals surface area (Å²) in [5.41, 5.74) is 2.21. The van der Waals surface area contributed by atoms with Gasteiger partial charge in [-0.25, -0.2) is 0 Å². The van der Waals surface area contributed by atoms with Gasteiger partial charge >= 0.3 is 0 Å². The lowest BCUT2D eigenvalue weighted by Gasteiger charge is -2.45. The van der Waals surface area contributed by atoms with Gasteiger partial charge in [0.25, 0.3) is 5.91 Å². The summed E-state index contributed by atoms with van der Waals surface area (Å²) in [4.78, 5) is 36.8. The molecular weight excluding hydrogens is 640 g/mol. The van der Waals surface area contributed by atoms with E-state index in [1.807, 2.05) is 25.2 Å².